The molecule has 0 unspecified atom stereocenters. The molecule has 1 aromatic rings. The first-order valence-electron chi connectivity index (χ1n) is 4.05. The number of aromatic nitrogens is 1. The lowest BCUT2D eigenvalue weighted by molar-refractivity contribution is -0.137. The maximum absolute atomic E-state index is 10.4. The first-order valence-corrected chi connectivity index (χ1v) is 4.93. The van der Waals surface area contributed by atoms with Gasteiger partial charge >= 0.3 is 5.97 Å². The van der Waals surface area contributed by atoms with Crippen LogP contribution in [0.1, 0.15) is 30.1 Å². The Morgan fingerprint density at radius 1 is 1.85 bits per heavy atom. The third-order valence-corrected chi connectivity index (χ3v) is 2.66. The minimum atomic E-state index is -0.890. The largest absolute Gasteiger partial charge is 0.481 e. The maximum atomic E-state index is 10.4. The van der Waals surface area contributed by atoms with Gasteiger partial charge in [0.25, 0.3) is 0 Å². The van der Waals surface area contributed by atoms with Crippen molar-refractivity contribution in [2.45, 2.75) is 25.8 Å². The number of nitrogens with two attached hydrogens (primary N) is 1. The monoisotopic (exact) mass is 200 g/mol. The number of carbonyl (C=O) groups is 1. The van der Waals surface area contributed by atoms with E-state index in [2.05, 4.69) is 4.98 Å². The Morgan fingerprint density at radius 2 is 2.54 bits per heavy atom. The van der Waals surface area contributed by atoms with Gasteiger partial charge < -0.3 is 10.8 Å². The number of hydrogen-bond donors (Lipinski definition) is 2. The average Bonchev–Trinajstić information content (AvgIpc) is 2.50. The molecule has 0 saturated heterocycles. The van der Waals surface area contributed by atoms with Gasteiger partial charge in [0, 0.05) is 5.38 Å². The van der Waals surface area contributed by atoms with Crippen LogP contribution in [-0.4, -0.2) is 16.1 Å². The van der Waals surface area contributed by atoms with Crippen LogP contribution < -0.4 is 5.73 Å². The molecule has 13 heavy (non-hydrogen) atoms. The second kappa shape index (κ2) is 4.34. The van der Waals surface area contributed by atoms with Gasteiger partial charge in [-0.15, -0.1) is 11.3 Å². The molecule has 0 bridgehead atoms. The van der Waals surface area contributed by atoms with E-state index in [0.717, 1.165) is 11.4 Å². The van der Waals surface area contributed by atoms with Crippen LogP contribution >= 0.6 is 11.3 Å². The summed E-state index contributed by atoms with van der Waals surface area (Å²) in [7, 11) is 0. The van der Waals surface area contributed by atoms with Gasteiger partial charge in [0.2, 0.25) is 0 Å². The van der Waals surface area contributed by atoms with Crippen molar-refractivity contribution in [1.29, 1.82) is 0 Å². The summed E-state index contributed by atoms with van der Waals surface area (Å²) in [5, 5.41) is 11.3. The molecule has 1 aromatic heterocycles. The fraction of sp³-hybridized carbons (Fsp3) is 0.500. The molecule has 3 N–H and O–H groups in total. The standard InChI is InChI=1S/C8H12N2O2S/c1-2-7-10-6(4-13-7)5(9)3-8(11)12/h4-5H,2-3,9H2,1H3,(H,11,12)/t5-/m1/s1. The van der Waals surface area contributed by atoms with Crippen LogP contribution in [0.2, 0.25) is 0 Å². The topological polar surface area (TPSA) is 76.2 Å². The molecule has 0 aliphatic rings. The zero-order valence-electron chi connectivity index (χ0n) is 7.36. The zero-order valence-corrected chi connectivity index (χ0v) is 8.17. The fourth-order valence-electron chi connectivity index (χ4n) is 0.950. The summed E-state index contributed by atoms with van der Waals surface area (Å²) in [6.07, 6.45) is 0.803. The lowest BCUT2D eigenvalue weighted by Gasteiger charge is -2.03. The van der Waals surface area contributed by atoms with Crippen molar-refractivity contribution in [2.75, 3.05) is 0 Å². The van der Waals surface area contributed by atoms with Crippen molar-refractivity contribution in [3.8, 4) is 0 Å². The van der Waals surface area contributed by atoms with E-state index in [-0.39, 0.29) is 6.42 Å². The molecule has 5 heteroatoms. The zero-order chi connectivity index (χ0) is 9.84. The van der Waals surface area contributed by atoms with Crippen LogP contribution in [0, 0.1) is 0 Å². The number of thiazole rings is 1. The van der Waals surface area contributed by atoms with Gasteiger partial charge in [-0.05, 0) is 6.42 Å². The smallest absolute Gasteiger partial charge is 0.305 e. The summed E-state index contributed by atoms with van der Waals surface area (Å²) >= 11 is 1.52. The van der Waals surface area contributed by atoms with Crippen LogP contribution in [0.25, 0.3) is 0 Å². The van der Waals surface area contributed by atoms with Crippen LogP contribution in [-0.2, 0) is 11.2 Å². The van der Waals surface area contributed by atoms with Gasteiger partial charge in [-0.1, -0.05) is 6.92 Å². The predicted octanol–water partition coefficient (Wildman–Crippen LogP) is 1.18. The maximum Gasteiger partial charge on any atom is 0.305 e. The van der Waals surface area contributed by atoms with E-state index in [1.807, 2.05) is 12.3 Å². The number of carboxylic acids is 1. The van der Waals surface area contributed by atoms with Crippen LogP contribution in [0.5, 0.6) is 0 Å². The Labute approximate surface area is 80.4 Å². The van der Waals surface area contributed by atoms with Gasteiger partial charge in [-0.25, -0.2) is 4.98 Å². The van der Waals surface area contributed by atoms with Gasteiger partial charge in [0.15, 0.2) is 0 Å². The van der Waals surface area contributed by atoms with E-state index in [1.165, 1.54) is 11.3 Å². The first kappa shape index (κ1) is 10.1. The Kier molecular flexibility index (Phi) is 3.39. The SMILES string of the molecule is CCc1nc([C@H](N)CC(=O)O)cs1. The van der Waals surface area contributed by atoms with E-state index in [1.54, 1.807) is 0 Å². The predicted molar refractivity (Wildman–Crippen MR) is 50.7 cm³/mol. The normalized spacial score (nSPS) is 12.8. The number of nitrogens with zero attached hydrogens (tertiary/aromatic N) is 1. The van der Waals surface area contributed by atoms with Gasteiger partial charge in [0.05, 0.1) is 23.2 Å². The molecule has 0 aromatic carbocycles. The quantitative estimate of drug-likeness (QED) is 0.765. The summed E-state index contributed by atoms with van der Waals surface area (Å²) in [5.74, 6) is -0.890. The van der Waals surface area contributed by atoms with Gasteiger partial charge in [-0.3, -0.25) is 4.79 Å². The molecular weight excluding hydrogens is 188 g/mol. The van der Waals surface area contributed by atoms with Gasteiger partial charge in [0.1, 0.15) is 0 Å². The highest BCUT2D eigenvalue weighted by Gasteiger charge is 2.13. The van der Waals surface area contributed by atoms with Crippen molar-refractivity contribution in [2.24, 2.45) is 5.73 Å². The van der Waals surface area contributed by atoms with Crippen molar-refractivity contribution >= 4 is 17.3 Å². The summed E-state index contributed by atoms with van der Waals surface area (Å²) < 4.78 is 0. The molecule has 0 aliphatic heterocycles. The molecule has 0 radical (unpaired) electrons. The van der Waals surface area contributed by atoms with E-state index < -0.39 is 12.0 Å². The molecule has 0 amide bonds. The van der Waals surface area contributed by atoms with E-state index in [9.17, 15) is 4.79 Å². The Balaban J connectivity index is 2.65. The van der Waals surface area contributed by atoms with Crippen molar-refractivity contribution < 1.29 is 9.90 Å². The fourth-order valence-corrected chi connectivity index (χ4v) is 1.76. The van der Waals surface area contributed by atoms with Crippen LogP contribution in [0.15, 0.2) is 5.38 Å². The Hall–Kier alpha value is -0.940. The van der Waals surface area contributed by atoms with Crippen LogP contribution in [0.3, 0.4) is 0 Å². The molecular formula is C8H12N2O2S. The summed E-state index contributed by atoms with van der Waals surface area (Å²) in [6, 6.07) is -0.478. The van der Waals surface area contributed by atoms with Crippen molar-refractivity contribution in [1.82, 2.24) is 4.98 Å². The minimum Gasteiger partial charge on any atom is -0.481 e. The summed E-state index contributed by atoms with van der Waals surface area (Å²) in [6.45, 7) is 2.01. The molecule has 1 heterocycles. The molecule has 0 fully saturated rings. The molecule has 0 saturated carbocycles. The minimum absolute atomic E-state index is 0.0626. The average molecular weight is 200 g/mol. The van der Waals surface area contributed by atoms with Crippen LogP contribution in [0.4, 0.5) is 0 Å². The number of hydrogen-bond acceptors (Lipinski definition) is 4. The second-order valence-electron chi connectivity index (χ2n) is 2.72. The highest BCUT2D eigenvalue weighted by atomic mass is 32.1. The summed E-state index contributed by atoms with van der Waals surface area (Å²) in [5.41, 5.74) is 6.31. The highest BCUT2D eigenvalue weighted by molar-refractivity contribution is 7.09. The Morgan fingerprint density at radius 3 is 3.00 bits per heavy atom. The van der Waals surface area contributed by atoms with Crippen molar-refractivity contribution in [3.63, 3.8) is 0 Å². The number of aryl methyl sites for hydroxylation is 1. The lowest BCUT2D eigenvalue weighted by atomic mass is 10.2. The summed E-state index contributed by atoms with van der Waals surface area (Å²) in [4.78, 5) is 14.6. The molecule has 0 aliphatic carbocycles. The molecule has 4 nitrogen and oxygen atoms in total. The molecule has 0 spiro atoms. The van der Waals surface area contributed by atoms with E-state index in [4.69, 9.17) is 10.8 Å². The lowest BCUT2D eigenvalue weighted by Crippen LogP contribution is -2.15. The molecule has 72 valence electrons. The van der Waals surface area contributed by atoms with Gasteiger partial charge in [-0.2, -0.15) is 0 Å². The molecule has 1 rings (SSSR count). The number of rotatable bonds is 4. The van der Waals surface area contributed by atoms with E-state index >= 15 is 0 Å². The van der Waals surface area contributed by atoms with Crippen molar-refractivity contribution in [3.05, 3.63) is 16.1 Å². The third kappa shape index (κ3) is 2.78. The third-order valence-electron chi connectivity index (χ3n) is 1.65. The first-order chi connectivity index (χ1) is 6.13. The Bertz CT molecular complexity index is 298. The van der Waals surface area contributed by atoms with E-state index in [0.29, 0.717) is 5.69 Å². The number of aliphatic carboxylic acids is 1. The highest BCUT2D eigenvalue weighted by Crippen LogP contribution is 2.17. The second-order valence-corrected chi connectivity index (χ2v) is 3.67. The number of carboxylic acid groups (broad SMARTS) is 1. The molecule has 1 atom stereocenters.